The maximum Gasteiger partial charge on any atom is 0.261 e. The van der Waals surface area contributed by atoms with Crippen LogP contribution in [0.15, 0.2) is 34.5 Å². The first kappa shape index (κ1) is 10.1. The van der Waals surface area contributed by atoms with Gasteiger partial charge in [-0.15, -0.1) is 0 Å². The molecule has 17 heavy (non-hydrogen) atoms. The van der Waals surface area contributed by atoms with Gasteiger partial charge in [0.1, 0.15) is 0 Å². The number of imide groups is 1. The summed E-state index contributed by atoms with van der Waals surface area (Å²) in [5, 5.41) is 7.74. The number of fused-ring (bicyclic) bond motifs is 1. The minimum atomic E-state index is -0.380. The maximum atomic E-state index is 12.0. The zero-order chi connectivity index (χ0) is 12.0. The van der Waals surface area contributed by atoms with Gasteiger partial charge >= 0.3 is 0 Å². The molecule has 0 aliphatic carbocycles. The Balaban J connectivity index is 1.80. The molecule has 0 unspecified atom stereocenters. The van der Waals surface area contributed by atoms with Crippen molar-refractivity contribution < 1.29 is 9.59 Å². The van der Waals surface area contributed by atoms with Gasteiger partial charge in [0.05, 0.1) is 11.1 Å². The third kappa shape index (κ3) is 1.54. The van der Waals surface area contributed by atoms with E-state index >= 15 is 0 Å². The van der Waals surface area contributed by atoms with Crippen molar-refractivity contribution in [3.05, 3.63) is 35.4 Å². The van der Waals surface area contributed by atoms with Crippen LogP contribution in [0.1, 0.15) is 34.1 Å². The van der Waals surface area contributed by atoms with Crippen LogP contribution in [0.5, 0.6) is 0 Å². The summed E-state index contributed by atoms with van der Waals surface area (Å²) >= 11 is 0. The second-order valence-corrected chi connectivity index (χ2v) is 4.47. The van der Waals surface area contributed by atoms with Gasteiger partial charge in [-0.05, 0) is 19.1 Å². The molecule has 0 radical (unpaired) electrons. The van der Waals surface area contributed by atoms with Gasteiger partial charge in [-0.2, -0.15) is 10.2 Å². The van der Waals surface area contributed by atoms with E-state index in [9.17, 15) is 9.59 Å². The Morgan fingerprint density at radius 2 is 1.65 bits per heavy atom. The molecule has 0 spiro atoms. The first-order valence-corrected chi connectivity index (χ1v) is 5.50. The molecule has 0 aromatic heterocycles. The Labute approximate surface area is 98.1 Å². The van der Waals surface area contributed by atoms with E-state index in [-0.39, 0.29) is 17.5 Å². The molecule has 0 saturated carbocycles. The number of benzene rings is 1. The molecular formula is C12H11N3O2. The summed E-state index contributed by atoms with van der Waals surface area (Å²) in [7, 11) is 0. The van der Waals surface area contributed by atoms with E-state index in [1.165, 1.54) is 4.90 Å². The summed E-state index contributed by atoms with van der Waals surface area (Å²) in [6, 6.07) is 6.90. The molecule has 0 bridgehead atoms. The quantitative estimate of drug-likeness (QED) is 0.742. The van der Waals surface area contributed by atoms with Gasteiger partial charge in [-0.1, -0.05) is 12.1 Å². The Bertz CT molecular complexity index is 509. The number of hydrogen-bond acceptors (Lipinski definition) is 4. The van der Waals surface area contributed by atoms with Gasteiger partial charge in [0.15, 0.2) is 5.66 Å². The monoisotopic (exact) mass is 229 g/mol. The summed E-state index contributed by atoms with van der Waals surface area (Å²) in [6.45, 7) is 2.25. The van der Waals surface area contributed by atoms with Crippen LogP contribution in [-0.2, 0) is 0 Å². The highest BCUT2D eigenvalue weighted by Gasteiger charge is 2.39. The Kier molecular flexibility index (Phi) is 1.92. The fraction of sp³-hybridized carbons (Fsp3) is 0.333. The number of hydrogen-bond donors (Lipinski definition) is 0. The number of carbonyl (C=O) groups is 2. The lowest BCUT2D eigenvalue weighted by molar-refractivity contribution is 0.0649. The van der Waals surface area contributed by atoms with E-state index < -0.39 is 0 Å². The molecule has 2 heterocycles. The SMILES string of the molecule is CC1(CCN2C(=O)c3ccccc3C2=O)N=N1. The molecule has 2 amide bonds. The predicted molar refractivity (Wildman–Crippen MR) is 59.7 cm³/mol. The van der Waals surface area contributed by atoms with Crippen molar-refractivity contribution >= 4 is 11.8 Å². The van der Waals surface area contributed by atoms with Crippen molar-refractivity contribution in [1.82, 2.24) is 4.90 Å². The van der Waals surface area contributed by atoms with Crippen molar-refractivity contribution in [1.29, 1.82) is 0 Å². The lowest BCUT2D eigenvalue weighted by Gasteiger charge is -2.14. The van der Waals surface area contributed by atoms with E-state index in [0.29, 0.717) is 24.1 Å². The van der Waals surface area contributed by atoms with Crippen LogP contribution >= 0.6 is 0 Å². The summed E-state index contributed by atoms with van der Waals surface area (Å²) < 4.78 is 0. The average molecular weight is 229 g/mol. The van der Waals surface area contributed by atoms with Gasteiger partial charge in [-0.3, -0.25) is 14.5 Å². The molecule has 5 nitrogen and oxygen atoms in total. The van der Waals surface area contributed by atoms with E-state index in [0.717, 1.165) is 0 Å². The highest BCUT2D eigenvalue weighted by Crippen LogP contribution is 2.32. The molecule has 0 N–H and O–H groups in total. The maximum absolute atomic E-state index is 12.0. The fourth-order valence-corrected chi connectivity index (χ4v) is 1.95. The Morgan fingerprint density at radius 3 is 2.12 bits per heavy atom. The van der Waals surface area contributed by atoms with Crippen LogP contribution in [-0.4, -0.2) is 28.9 Å². The standard InChI is InChI=1S/C12H11N3O2/c1-12(13-14-12)6-7-15-10(16)8-4-2-3-5-9(8)11(15)17/h2-5H,6-7H2,1H3. The highest BCUT2D eigenvalue weighted by atomic mass is 16.2. The van der Waals surface area contributed by atoms with Crippen molar-refractivity contribution in [3.63, 3.8) is 0 Å². The molecule has 0 fully saturated rings. The molecule has 2 aliphatic rings. The van der Waals surface area contributed by atoms with Crippen LogP contribution in [0.2, 0.25) is 0 Å². The van der Waals surface area contributed by atoms with Crippen molar-refractivity contribution in [2.75, 3.05) is 6.54 Å². The van der Waals surface area contributed by atoms with Crippen LogP contribution in [0.4, 0.5) is 0 Å². The van der Waals surface area contributed by atoms with E-state index in [4.69, 9.17) is 0 Å². The van der Waals surface area contributed by atoms with Crippen LogP contribution < -0.4 is 0 Å². The normalized spacial score (nSPS) is 19.7. The average Bonchev–Trinajstić information content (AvgIpc) is 3.01. The lowest BCUT2D eigenvalue weighted by Crippen LogP contribution is -2.32. The van der Waals surface area contributed by atoms with Crippen molar-refractivity contribution in [3.8, 4) is 0 Å². The number of amides is 2. The fourth-order valence-electron chi connectivity index (χ4n) is 1.95. The molecule has 2 aliphatic heterocycles. The lowest BCUT2D eigenvalue weighted by atomic mass is 10.1. The zero-order valence-corrected chi connectivity index (χ0v) is 9.38. The number of carbonyl (C=O) groups excluding carboxylic acids is 2. The minimum absolute atomic E-state index is 0.213. The summed E-state index contributed by atoms with van der Waals surface area (Å²) in [5.41, 5.74) is 0.606. The molecule has 1 aromatic carbocycles. The third-order valence-electron chi connectivity index (χ3n) is 3.13. The van der Waals surface area contributed by atoms with Gasteiger partial charge in [0.25, 0.3) is 11.8 Å². The topological polar surface area (TPSA) is 62.1 Å². The molecule has 86 valence electrons. The van der Waals surface area contributed by atoms with Crippen molar-refractivity contribution in [2.24, 2.45) is 10.2 Å². The summed E-state index contributed by atoms with van der Waals surface area (Å²) in [5.74, 6) is -0.426. The highest BCUT2D eigenvalue weighted by molar-refractivity contribution is 6.21. The van der Waals surface area contributed by atoms with E-state index in [1.807, 2.05) is 6.92 Å². The van der Waals surface area contributed by atoms with E-state index in [2.05, 4.69) is 10.2 Å². The smallest absolute Gasteiger partial charge is 0.261 e. The Hall–Kier alpha value is -2.04. The van der Waals surface area contributed by atoms with Crippen LogP contribution in [0.25, 0.3) is 0 Å². The van der Waals surface area contributed by atoms with Crippen LogP contribution in [0.3, 0.4) is 0 Å². The summed E-state index contributed by atoms with van der Waals surface area (Å²) in [4.78, 5) is 25.3. The second-order valence-electron chi connectivity index (χ2n) is 4.47. The second kappa shape index (κ2) is 3.23. The zero-order valence-electron chi connectivity index (χ0n) is 9.38. The van der Waals surface area contributed by atoms with Crippen molar-refractivity contribution in [2.45, 2.75) is 19.0 Å². The Morgan fingerprint density at radius 1 is 1.12 bits per heavy atom. The van der Waals surface area contributed by atoms with Gasteiger partial charge in [-0.25, -0.2) is 0 Å². The first-order valence-electron chi connectivity index (χ1n) is 5.50. The number of rotatable bonds is 3. The van der Waals surface area contributed by atoms with Gasteiger partial charge in [0, 0.05) is 13.0 Å². The van der Waals surface area contributed by atoms with Gasteiger partial charge in [0.2, 0.25) is 0 Å². The number of nitrogens with zero attached hydrogens (tertiary/aromatic N) is 3. The van der Waals surface area contributed by atoms with Gasteiger partial charge < -0.3 is 0 Å². The first-order chi connectivity index (χ1) is 8.11. The largest absolute Gasteiger partial charge is 0.274 e. The summed E-state index contributed by atoms with van der Waals surface area (Å²) in [6.07, 6.45) is 0.596. The van der Waals surface area contributed by atoms with Crippen LogP contribution in [0, 0.1) is 0 Å². The molecule has 3 rings (SSSR count). The molecule has 1 aromatic rings. The third-order valence-corrected chi connectivity index (χ3v) is 3.13. The predicted octanol–water partition coefficient (Wildman–Crippen LogP) is 1.85. The minimum Gasteiger partial charge on any atom is -0.274 e. The molecular weight excluding hydrogens is 218 g/mol. The molecule has 0 saturated heterocycles. The molecule has 5 heteroatoms. The van der Waals surface area contributed by atoms with E-state index in [1.54, 1.807) is 24.3 Å². The molecule has 0 atom stereocenters.